The lowest BCUT2D eigenvalue weighted by molar-refractivity contribution is -0.425. The number of rotatable bonds is 14. The lowest BCUT2D eigenvalue weighted by atomic mass is 9.78. The van der Waals surface area contributed by atoms with Gasteiger partial charge in [-0.05, 0) is 96.3 Å². The summed E-state index contributed by atoms with van der Waals surface area (Å²) in [4.78, 5) is 83.7. The van der Waals surface area contributed by atoms with E-state index in [-0.39, 0.29) is 37.9 Å². The predicted octanol–water partition coefficient (Wildman–Crippen LogP) is 2.80. The van der Waals surface area contributed by atoms with Crippen LogP contribution in [-0.4, -0.2) is 104 Å². The van der Waals surface area contributed by atoms with E-state index in [9.17, 15) is 68.2 Å². The van der Waals surface area contributed by atoms with Crippen molar-refractivity contribution in [2.75, 3.05) is 24.2 Å². The van der Waals surface area contributed by atoms with Crippen molar-refractivity contribution >= 4 is 104 Å². The van der Waals surface area contributed by atoms with Gasteiger partial charge in [0.1, 0.15) is 20.2 Å². The molecular weight excluding hydrogens is 985 g/mol. The minimum Gasteiger partial charge on any atom is -0.871 e. The highest BCUT2D eigenvalue weighted by Gasteiger charge is 2.48. The van der Waals surface area contributed by atoms with Crippen molar-refractivity contribution in [3.8, 4) is 0 Å². The maximum absolute atomic E-state index is 14.6. The Bertz CT molecular complexity index is 3590. The Hall–Kier alpha value is -6.92. The van der Waals surface area contributed by atoms with Crippen LogP contribution in [0, 0.1) is 0 Å². The molecule has 1 aliphatic carbocycles. The first kappa shape index (κ1) is 50.5. The number of allylic oxidation sites excluding steroid dienone is 5. The van der Waals surface area contributed by atoms with Gasteiger partial charge in [0.05, 0.1) is 21.5 Å². The molecule has 1 N–H and O–H groups in total. The maximum Gasteiger partial charge on any atom is 0.333 e. The summed E-state index contributed by atoms with van der Waals surface area (Å²) in [5, 5.41) is 16.8. The lowest BCUT2D eigenvalue weighted by Gasteiger charge is -2.28. The van der Waals surface area contributed by atoms with Gasteiger partial charge < -0.3 is 23.9 Å². The van der Waals surface area contributed by atoms with E-state index in [1.807, 2.05) is 9.62 Å². The van der Waals surface area contributed by atoms with Crippen LogP contribution in [0.5, 0.6) is 0 Å². The van der Waals surface area contributed by atoms with Crippen LogP contribution >= 0.6 is 0 Å². The van der Waals surface area contributed by atoms with Crippen molar-refractivity contribution in [3.63, 3.8) is 0 Å². The second kappa shape index (κ2) is 17.7. The van der Waals surface area contributed by atoms with Gasteiger partial charge in [-0.25, -0.2) is 34.8 Å². The van der Waals surface area contributed by atoms with Crippen molar-refractivity contribution in [2.24, 2.45) is 0 Å². The average Bonchev–Trinajstić information content (AvgIpc) is 3.85. The molecule has 71 heavy (non-hydrogen) atoms. The SMILES string of the molecule is CC1(C)C(/C=C2\C(=O)C(=O)C(/C=C3/N(CCCCCC(=O)ON4C(=O)CCC4=O)c4ccc5cc(S(=O)(=O)[O-])ccc5c4C3(C)C)=C2[O-])=[N+](CC(=O)NS(C)(=O)=O)c2ccc3cc(S(=O)(=O)[O-])ccc3c21. The third-order valence-electron chi connectivity index (χ3n) is 13.0. The normalized spacial score (nSPS) is 19.0. The van der Waals surface area contributed by atoms with Crippen molar-refractivity contribution < 1.29 is 77.6 Å². The third kappa shape index (κ3) is 9.30. The largest absolute Gasteiger partial charge is 0.871 e. The summed E-state index contributed by atoms with van der Waals surface area (Å²) in [6, 6.07) is 13.9. The van der Waals surface area contributed by atoms with E-state index in [1.54, 1.807) is 39.8 Å². The Balaban J connectivity index is 1.20. The minimum absolute atomic E-state index is 0.0609. The van der Waals surface area contributed by atoms with E-state index in [1.165, 1.54) is 59.2 Å². The van der Waals surface area contributed by atoms with Crippen LogP contribution in [-0.2, 0) is 74.7 Å². The Labute approximate surface area is 407 Å². The van der Waals surface area contributed by atoms with Gasteiger partial charge in [0.15, 0.2) is 5.71 Å². The molecule has 4 aromatic rings. The van der Waals surface area contributed by atoms with Crippen molar-refractivity contribution in [1.29, 1.82) is 0 Å². The third-order valence-corrected chi connectivity index (χ3v) is 15.3. The van der Waals surface area contributed by atoms with Gasteiger partial charge in [0.2, 0.25) is 33.8 Å². The highest BCUT2D eigenvalue weighted by molar-refractivity contribution is 7.89. The van der Waals surface area contributed by atoms with E-state index < -0.39 is 110 Å². The number of unbranched alkanes of at least 4 members (excludes halogenated alkanes) is 2. The lowest BCUT2D eigenvalue weighted by Crippen LogP contribution is -2.37. The summed E-state index contributed by atoms with van der Waals surface area (Å²) in [5.74, 6) is -6.31. The van der Waals surface area contributed by atoms with Crippen molar-refractivity contribution in [2.45, 2.75) is 86.8 Å². The molecule has 8 rings (SSSR count). The van der Waals surface area contributed by atoms with Crippen LogP contribution in [0.15, 0.2) is 105 Å². The van der Waals surface area contributed by atoms with E-state index in [0.717, 1.165) is 12.3 Å². The summed E-state index contributed by atoms with van der Waals surface area (Å²) in [7, 11) is -13.8. The number of nitrogens with zero attached hydrogens (tertiary/aromatic N) is 3. The summed E-state index contributed by atoms with van der Waals surface area (Å²) < 4.78 is 99.2. The van der Waals surface area contributed by atoms with E-state index >= 15 is 0 Å². The predicted molar refractivity (Wildman–Crippen MR) is 249 cm³/mol. The Morgan fingerprint density at radius 2 is 1.32 bits per heavy atom. The first-order valence-corrected chi connectivity index (χ1v) is 26.7. The maximum atomic E-state index is 14.6. The molecule has 1 saturated heterocycles. The van der Waals surface area contributed by atoms with Gasteiger partial charge in [0, 0.05) is 71.5 Å². The zero-order valence-corrected chi connectivity index (χ0v) is 41.1. The van der Waals surface area contributed by atoms with E-state index in [2.05, 4.69) is 0 Å². The quantitative estimate of drug-likeness (QED) is 0.0474. The molecule has 1 fully saturated rings. The molecule has 0 unspecified atom stereocenters. The zero-order chi connectivity index (χ0) is 51.9. The standard InChI is InChI=1S/C48H46N4O16S3/c1-47(2)36(50(20-8-6-7-9-41(56)68-52-39(54)18-19-40(52)55)34-16-10-26-21-28(70(62,63)64)12-14-30(26)42(34)47)23-32-44(57)33(46(59)45(32)58)24-37-48(3,4)43-31-15-13-29(71(65,66)67)22-27(31)11-17-35(43)51(37)25-38(53)49-69(5,60)61/h10-17,21-24H,6-9,18-20,25H2,1-5H3,(H3-,49,53,57,58,59,62,63,64,65,66,67)/p-2. The number of hydroxylamine groups is 2. The van der Waals surface area contributed by atoms with Gasteiger partial charge in [-0.2, -0.15) is 4.58 Å². The highest BCUT2D eigenvalue weighted by atomic mass is 32.2. The first-order chi connectivity index (χ1) is 33.0. The molecule has 4 aromatic carbocycles. The summed E-state index contributed by atoms with van der Waals surface area (Å²) >= 11 is 0. The van der Waals surface area contributed by atoms with E-state index in [4.69, 9.17) is 4.84 Å². The fourth-order valence-electron chi connectivity index (χ4n) is 9.82. The van der Waals surface area contributed by atoms with Crippen LogP contribution in [0.4, 0.5) is 11.4 Å². The van der Waals surface area contributed by atoms with Crippen molar-refractivity contribution in [3.05, 3.63) is 107 Å². The number of hydrogen-bond acceptors (Lipinski definition) is 17. The van der Waals surface area contributed by atoms with Gasteiger partial charge in [0.25, 0.3) is 17.7 Å². The fraction of sp³-hybridized carbons (Fsp3) is 0.312. The molecule has 3 amide bonds. The first-order valence-electron chi connectivity index (χ1n) is 22.0. The molecule has 0 spiro atoms. The molecule has 0 atom stereocenters. The molecule has 0 radical (unpaired) electrons. The number of carbonyl (C=O) groups excluding carboxylic acids is 6. The highest BCUT2D eigenvalue weighted by Crippen LogP contribution is 2.52. The summed E-state index contributed by atoms with van der Waals surface area (Å²) in [5.41, 5.74) is -0.903. The van der Waals surface area contributed by atoms with Crippen molar-refractivity contribution in [1.82, 2.24) is 9.79 Å². The fourth-order valence-corrected chi connectivity index (χ4v) is 11.3. The molecule has 3 heterocycles. The summed E-state index contributed by atoms with van der Waals surface area (Å²) in [6.07, 6.45) is 4.11. The number of nitrogens with one attached hydrogen (secondary N) is 1. The van der Waals surface area contributed by atoms with Gasteiger partial charge >= 0.3 is 5.97 Å². The number of imide groups is 1. The molecule has 0 aromatic heterocycles. The molecule has 0 saturated carbocycles. The van der Waals surface area contributed by atoms with Gasteiger partial charge in [-0.15, -0.1) is 5.06 Å². The number of sulfonamides is 1. The monoisotopic (exact) mass is 1030 g/mol. The van der Waals surface area contributed by atoms with Crippen LogP contribution in [0.25, 0.3) is 21.5 Å². The molecular formula is C48H44N4O16S3-2. The second-order valence-electron chi connectivity index (χ2n) is 18.6. The number of carbonyl (C=O) groups is 6. The Kier molecular flexibility index (Phi) is 12.6. The molecule has 20 nitrogen and oxygen atoms in total. The van der Waals surface area contributed by atoms with Crippen LogP contribution < -0.4 is 14.7 Å². The Morgan fingerprint density at radius 1 is 0.746 bits per heavy atom. The molecule has 23 heteroatoms. The molecule has 3 aliphatic heterocycles. The number of anilines is 1. The van der Waals surface area contributed by atoms with Gasteiger partial charge in [-0.1, -0.05) is 44.2 Å². The smallest absolute Gasteiger partial charge is 0.333 e. The second-order valence-corrected chi connectivity index (χ2v) is 23.1. The molecule has 4 aliphatic rings. The molecule has 0 bridgehead atoms. The number of Topliss-reactive ketones (excluding diaryl/α,β-unsaturated/α-hetero) is 2. The summed E-state index contributed by atoms with van der Waals surface area (Å²) in [6.45, 7) is 6.50. The van der Waals surface area contributed by atoms with Crippen LogP contribution in [0.1, 0.15) is 77.3 Å². The number of amides is 3. The number of fused-ring (bicyclic) bond motifs is 6. The molecule has 372 valence electrons. The minimum atomic E-state index is -4.86. The topological polar surface area (TPSA) is 305 Å². The number of benzene rings is 4. The van der Waals surface area contributed by atoms with Crippen LogP contribution in [0.3, 0.4) is 0 Å². The number of hydrogen-bond donors (Lipinski definition) is 1. The zero-order valence-electron chi connectivity index (χ0n) is 38.7. The van der Waals surface area contributed by atoms with Gasteiger partial charge in [-0.3, -0.25) is 24.0 Å². The number of ketones is 2. The Morgan fingerprint density at radius 3 is 1.90 bits per heavy atom. The van der Waals surface area contributed by atoms with Crippen LogP contribution in [0.2, 0.25) is 0 Å². The average molecular weight is 1030 g/mol. The van der Waals surface area contributed by atoms with E-state index in [0.29, 0.717) is 67.6 Å².